The van der Waals surface area contributed by atoms with Crippen LogP contribution in [0.4, 0.5) is 0 Å². The van der Waals surface area contributed by atoms with Gasteiger partial charge in [0, 0.05) is 0 Å². The van der Waals surface area contributed by atoms with Gasteiger partial charge < -0.3 is 10.2 Å². The molecule has 0 saturated heterocycles. The highest BCUT2D eigenvalue weighted by Gasteiger charge is 2.56. The van der Waals surface area contributed by atoms with Crippen molar-refractivity contribution in [1.82, 2.24) is 0 Å². The van der Waals surface area contributed by atoms with E-state index in [1.165, 1.54) is 0 Å². The molecule has 0 bridgehead atoms. The third kappa shape index (κ3) is 1.74. The second-order valence-electron chi connectivity index (χ2n) is 4.11. The molecular weight excluding hydrogens is 184 g/mol. The zero-order valence-electron chi connectivity index (χ0n) is 8.32. The fraction of sp³-hybridized carbons (Fsp3) is 0.800. The monoisotopic (exact) mass is 200 g/mol. The van der Waals surface area contributed by atoms with Gasteiger partial charge in [0.1, 0.15) is 0 Å². The van der Waals surface area contributed by atoms with E-state index in [0.717, 1.165) is 19.3 Å². The summed E-state index contributed by atoms with van der Waals surface area (Å²) in [4.78, 5) is 21.6. The van der Waals surface area contributed by atoms with Gasteiger partial charge in [-0.25, -0.2) is 0 Å². The van der Waals surface area contributed by atoms with Crippen LogP contribution in [-0.4, -0.2) is 22.2 Å². The Morgan fingerprint density at radius 2 is 1.79 bits per heavy atom. The van der Waals surface area contributed by atoms with Crippen molar-refractivity contribution in [2.45, 2.75) is 39.0 Å². The van der Waals surface area contributed by atoms with Crippen LogP contribution in [0.5, 0.6) is 0 Å². The predicted molar refractivity (Wildman–Crippen MR) is 50.0 cm³/mol. The zero-order chi connectivity index (χ0) is 10.8. The predicted octanol–water partition coefficient (Wildman–Crippen LogP) is 1.74. The molecular formula is C10H16O4. The summed E-state index contributed by atoms with van der Waals surface area (Å²) >= 11 is 0. The quantitative estimate of drug-likeness (QED) is 0.663. The molecule has 0 unspecified atom stereocenters. The van der Waals surface area contributed by atoms with E-state index in [1.54, 1.807) is 0 Å². The molecule has 1 aliphatic carbocycles. The minimum atomic E-state index is -1.47. The van der Waals surface area contributed by atoms with Crippen LogP contribution in [0.1, 0.15) is 39.0 Å². The van der Waals surface area contributed by atoms with E-state index in [9.17, 15) is 9.59 Å². The summed E-state index contributed by atoms with van der Waals surface area (Å²) < 4.78 is 0. The fourth-order valence-electron chi connectivity index (χ4n) is 2.06. The first-order valence-corrected chi connectivity index (χ1v) is 4.99. The van der Waals surface area contributed by atoms with Gasteiger partial charge in [0.05, 0.1) is 0 Å². The first kappa shape index (κ1) is 11.0. The van der Waals surface area contributed by atoms with Gasteiger partial charge in [-0.05, 0) is 18.8 Å². The molecule has 1 aliphatic rings. The molecule has 0 amide bonds. The van der Waals surface area contributed by atoms with Crippen LogP contribution in [0.25, 0.3) is 0 Å². The lowest BCUT2D eigenvalue weighted by molar-refractivity contribution is -0.175. The molecule has 1 saturated carbocycles. The molecule has 0 aromatic heterocycles. The number of carboxylic acid groups (broad SMARTS) is 2. The Morgan fingerprint density at radius 3 is 2.14 bits per heavy atom. The smallest absolute Gasteiger partial charge is 0.321 e. The maximum atomic E-state index is 10.8. The lowest BCUT2D eigenvalue weighted by atomic mass is 9.60. The Morgan fingerprint density at radius 1 is 1.29 bits per heavy atom. The molecule has 0 radical (unpaired) electrons. The Balaban J connectivity index is 2.48. The second-order valence-corrected chi connectivity index (χ2v) is 4.11. The molecule has 0 aromatic carbocycles. The van der Waals surface area contributed by atoms with Gasteiger partial charge >= 0.3 is 11.9 Å². The summed E-state index contributed by atoms with van der Waals surface area (Å²) in [5.74, 6) is -2.07. The number of carboxylic acids is 2. The summed E-state index contributed by atoms with van der Waals surface area (Å²) in [5.41, 5.74) is -1.47. The molecule has 0 aliphatic heterocycles. The second kappa shape index (κ2) is 3.98. The van der Waals surface area contributed by atoms with Crippen molar-refractivity contribution in [3.05, 3.63) is 0 Å². The van der Waals surface area contributed by atoms with E-state index < -0.39 is 17.4 Å². The molecule has 4 nitrogen and oxygen atoms in total. The normalized spacial score (nSPS) is 20.1. The molecule has 0 spiro atoms. The van der Waals surface area contributed by atoms with Gasteiger partial charge in [-0.3, -0.25) is 9.59 Å². The van der Waals surface area contributed by atoms with E-state index in [2.05, 4.69) is 6.92 Å². The Bertz CT molecular complexity index is 225. The molecule has 4 heteroatoms. The largest absolute Gasteiger partial charge is 0.480 e. The van der Waals surface area contributed by atoms with Crippen LogP contribution in [0.3, 0.4) is 0 Å². The zero-order valence-corrected chi connectivity index (χ0v) is 8.32. The summed E-state index contributed by atoms with van der Waals surface area (Å²) in [6.07, 6.45) is 3.69. The number of aliphatic carboxylic acids is 2. The molecule has 1 rings (SSSR count). The van der Waals surface area contributed by atoms with Gasteiger partial charge in [-0.2, -0.15) is 0 Å². The third-order valence-corrected chi connectivity index (χ3v) is 3.06. The van der Waals surface area contributed by atoms with Gasteiger partial charge in [-0.15, -0.1) is 0 Å². The number of hydrogen-bond donors (Lipinski definition) is 2. The van der Waals surface area contributed by atoms with Crippen LogP contribution in [-0.2, 0) is 9.59 Å². The Hall–Kier alpha value is -1.06. The van der Waals surface area contributed by atoms with Gasteiger partial charge in [0.2, 0.25) is 0 Å². The number of rotatable bonds is 5. The number of unbranched alkanes of at least 4 members (excludes halogenated alkanes) is 1. The first-order chi connectivity index (χ1) is 6.53. The van der Waals surface area contributed by atoms with Crippen molar-refractivity contribution in [2.75, 3.05) is 0 Å². The van der Waals surface area contributed by atoms with Gasteiger partial charge in [0.25, 0.3) is 0 Å². The minimum absolute atomic E-state index is 0.294. The maximum absolute atomic E-state index is 10.8. The van der Waals surface area contributed by atoms with Gasteiger partial charge in [-0.1, -0.05) is 26.2 Å². The van der Waals surface area contributed by atoms with Crippen LogP contribution >= 0.6 is 0 Å². The molecule has 1 fully saturated rings. The molecule has 2 N–H and O–H groups in total. The fourth-order valence-corrected chi connectivity index (χ4v) is 2.06. The highest BCUT2D eigenvalue weighted by atomic mass is 16.4. The van der Waals surface area contributed by atoms with E-state index in [0.29, 0.717) is 18.8 Å². The molecule has 14 heavy (non-hydrogen) atoms. The van der Waals surface area contributed by atoms with Crippen LogP contribution < -0.4 is 0 Å². The van der Waals surface area contributed by atoms with E-state index >= 15 is 0 Å². The van der Waals surface area contributed by atoms with Crippen molar-refractivity contribution in [3.63, 3.8) is 0 Å². The minimum Gasteiger partial charge on any atom is -0.480 e. The average Bonchev–Trinajstić information content (AvgIpc) is 2.00. The van der Waals surface area contributed by atoms with Crippen molar-refractivity contribution in [3.8, 4) is 0 Å². The van der Waals surface area contributed by atoms with Crippen LogP contribution in [0, 0.1) is 11.3 Å². The SMILES string of the molecule is CCCCC1CC(C(=O)O)(C(=O)O)C1. The molecule has 0 atom stereocenters. The molecule has 80 valence electrons. The third-order valence-electron chi connectivity index (χ3n) is 3.06. The number of hydrogen-bond acceptors (Lipinski definition) is 2. The molecule has 0 heterocycles. The number of carbonyl (C=O) groups is 2. The maximum Gasteiger partial charge on any atom is 0.321 e. The highest BCUT2D eigenvalue weighted by molar-refractivity contribution is 5.99. The van der Waals surface area contributed by atoms with Crippen LogP contribution in [0.15, 0.2) is 0 Å². The topological polar surface area (TPSA) is 74.6 Å². The summed E-state index contributed by atoms with van der Waals surface area (Å²) in [6, 6.07) is 0. The van der Waals surface area contributed by atoms with Crippen molar-refractivity contribution < 1.29 is 19.8 Å². The Labute approximate surface area is 82.9 Å². The van der Waals surface area contributed by atoms with E-state index in [4.69, 9.17) is 10.2 Å². The summed E-state index contributed by atoms with van der Waals surface area (Å²) in [7, 11) is 0. The summed E-state index contributed by atoms with van der Waals surface area (Å²) in [6.45, 7) is 2.07. The van der Waals surface area contributed by atoms with Crippen molar-refractivity contribution in [1.29, 1.82) is 0 Å². The lowest BCUT2D eigenvalue weighted by Gasteiger charge is -2.41. The highest BCUT2D eigenvalue weighted by Crippen LogP contribution is 2.48. The Kier molecular flexibility index (Phi) is 3.13. The van der Waals surface area contributed by atoms with Crippen molar-refractivity contribution >= 4 is 11.9 Å². The van der Waals surface area contributed by atoms with Gasteiger partial charge in [0.15, 0.2) is 5.41 Å². The molecule has 0 aromatic rings. The average molecular weight is 200 g/mol. The van der Waals surface area contributed by atoms with E-state index in [1.807, 2.05) is 0 Å². The standard InChI is InChI=1S/C10H16O4/c1-2-3-4-7-5-10(6-7,8(11)12)9(13)14/h7H,2-6H2,1H3,(H,11,12)(H,13,14). The first-order valence-electron chi connectivity index (χ1n) is 4.99. The van der Waals surface area contributed by atoms with E-state index in [-0.39, 0.29) is 0 Å². The van der Waals surface area contributed by atoms with Crippen molar-refractivity contribution in [2.24, 2.45) is 11.3 Å². The van der Waals surface area contributed by atoms with Crippen LogP contribution in [0.2, 0.25) is 0 Å². The summed E-state index contributed by atoms with van der Waals surface area (Å²) in [5, 5.41) is 17.6. The lowest BCUT2D eigenvalue weighted by Crippen LogP contribution is -2.49.